The molecule has 2 fully saturated rings. The number of methoxy groups -OCH3 is 4. The minimum absolute atomic E-state index is 0.0240. The average Bonchev–Trinajstić information content (AvgIpc) is 4.23. The first-order valence-electron chi connectivity index (χ1n) is 25.6. The Balaban J connectivity index is 0.000000198. The summed E-state index contributed by atoms with van der Waals surface area (Å²) in [7, 11) is -1.78. The molecule has 6 aromatic heterocycles. The van der Waals surface area contributed by atoms with Crippen LogP contribution >= 0.6 is 0 Å². The van der Waals surface area contributed by atoms with E-state index >= 15 is 0 Å². The lowest BCUT2D eigenvalue weighted by atomic mass is 10.2. The average molecular weight is 1160 g/mol. The van der Waals surface area contributed by atoms with Crippen LogP contribution in [-0.2, 0) is 44.0 Å². The number of nitrogens with zero attached hydrogens (tertiary/aromatic N) is 14. The van der Waals surface area contributed by atoms with Crippen molar-refractivity contribution in [3.8, 4) is 57.4 Å². The molecule has 8 heterocycles. The van der Waals surface area contributed by atoms with Gasteiger partial charge >= 0.3 is 0 Å². The molecule has 10 rings (SSSR count). The Kier molecular flexibility index (Phi) is 17.5. The molecule has 0 spiro atoms. The Bertz CT molecular complexity index is 3550. The van der Waals surface area contributed by atoms with Crippen molar-refractivity contribution >= 4 is 31.5 Å². The van der Waals surface area contributed by atoms with E-state index in [1.807, 2.05) is 0 Å². The summed E-state index contributed by atoms with van der Waals surface area (Å²) in [5, 5.41) is 15.3. The quantitative estimate of drug-likeness (QED) is 0.0931. The highest BCUT2D eigenvalue weighted by atomic mass is 32.2. The van der Waals surface area contributed by atoms with Crippen molar-refractivity contribution in [1.82, 2.24) is 69.2 Å². The predicted octanol–water partition coefficient (Wildman–Crippen LogP) is 5.34. The van der Waals surface area contributed by atoms with Crippen LogP contribution in [-0.4, -0.2) is 163 Å². The van der Waals surface area contributed by atoms with Crippen molar-refractivity contribution < 1.29 is 54.2 Å². The van der Waals surface area contributed by atoms with Gasteiger partial charge < -0.3 is 28.7 Å². The molecule has 8 aromatic rings. The summed E-state index contributed by atoms with van der Waals surface area (Å²) in [6.45, 7) is 5.73. The summed E-state index contributed by atoms with van der Waals surface area (Å²) in [6, 6.07) is 20.2. The molecule has 0 N–H and O–H groups in total. The van der Waals surface area contributed by atoms with Gasteiger partial charge in [0, 0.05) is 39.0 Å². The number of carbonyl (C=O) groups is 2. The monoisotopic (exact) mass is 1160 g/mol. The van der Waals surface area contributed by atoms with Gasteiger partial charge in [-0.3, -0.25) is 18.7 Å². The van der Waals surface area contributed by atoms with Crippen molar-refractivity contribution in [3.63, 3.8) is 0 Å². The Morgan fingerprint density at radius 2 is 0.841 bits per heavy atom. The van der Waals surface area contributed by atoms with Gasteiger partial charge in [0.1, 0.15) is 80.3 Å². The summed E-state index contributed by atoms with van der Waals surface area (Å²) in [5.74, 6) is -0.150. The molecule has 24 nitrogen and oxygen atoms in total. The van der Waals surface area contributed by atoms with Crippen LogP contribution in [0.25, 0.3) is 34.4 Å². The molecule has 0 saturated carbocycles. The van der Waals surface area contributed by atoms with Crippen LogP contribution in [0.3, 0.4) is 0 Å². The highest BCUT2D eigenvalue weighted by molar-refractivity contribution is 7.91. The molecule has 2 aliphatic heterocycles. The molecule has 0 aliphatic carbocycles. The van der Waals surface area contributed by atoms with Gasteiger partial charge in [-0.05, 0) is 75.2 Å². The Labute approximate surface area is 470 Å². The van der Waals surface area contributed by atoms with E-state index in [9.17, 15) is 35.2 Å². The fraction of sp³-hybridized carbons (Fsp3) is 0.333. The zero-order chi connectivity index (χ0) is 58.3. The topological polar surface area (TPSA) is 285 Å². The number of hydrogen-bond donors (Lipinski definition) is 0. The fourth-order valence-electron chi connectivity index (χ4n) is 8.75. The molecule has 2 amide bonds. The lowest BCUT2D eigenvalue weighted by molar-refractivity contribution is 0.0639. The number of likely N-dealkylation sites (tertiary alicyclic amines) is 2. The van der Waals surface area contributed by atoms with Crippen molar-refractivity contribution in [2.75, 3.05) is 54.6 Å². The molecular weight excluding hydrogens is 1110 g/mol. The van der Waals surface area contributed by atoms with E-state index in [-0.39, 0.29) is 71.0 Å². The molecule has 428 valence electrons. The summed E-state index contributed by atoms with van der Waals surface area (Å²) >= 11 is 0. The van der Waals surface area contributed by atoms with Crippen LogP contribution < -0.4 is 18.9 Å². The smallest absolute Gasteiger partial charge is 0.272 e. The van der Waals surface area contributed by atoms with Gasteiger partial charge in [-0.25, -0.2) is 55.5 Å². The molecule has 28 heteroatoms. The molecule has 0 radical (unpaired) electrons. The number of aromatic nitrogens is 12. The van der Waals surface area contributed by atoms with Crippen LogP contribution in [0.1, 0.15) is 71.0 Å². The van der Waals surface area contributed by atoms with Gasteiger partial charge in [0.2, 0.25) is 0 Å². The second kappa shape index (κ2) is 24.8. The molecule has 2 saturated heterocycles. The van der Waals surface area contributed by atoms with Gasteiger partial charge in [-0.1, -0.05) is 24.3 Å². The first-order valence-corrected chi connectivity index (χ1v) is 29.1. The summed E-state index contributed by atoms with van der Waals surface area (Å²) < 4.78 is 106. The van der Waals surface area contributed by atoms with Gasteiger partial charge in [0.25, 0.3) is 11.8 Å². The first-order chi connectivity index (χ1) is 39.4. The minimum atomic E-state index is -3.85. The van der Waals surface area contributed by atoms with E-state index in [1.54, 1.807) is 82.6 Å². The number of hydrogen-bond acceptors (Lipinski definition) is 20. The van der Waals surface area contributed by atoms with Gasteiger partial charge in [0.05, 0.1) is 63.7 Å². The summed E-state index contributed by atoms with van der Waals surface area (Å²) in [4.78, 5) is 53.8. The maximum atomic E-state index is 13.5. The Morgan fingerprint density at radius 1 is 0.512 bits per heavy atom. The molecule has 0 bridgehead atoms. The third kappa shape index (κ3) is 12.5. The fourth-order valence-corrected chi connectivity index (χ4v) is 11.2. The van der Waals surface area contributed by atoms with Crippen LogP contribution in [0.5, 0.6) is 23.0 Å². The number of amides is 2. The van der Waals surface area contributed by atoms with Crippen molar-refractivity contribution in [2.24, 2.45) is 0 Å². The molecule has 82 heavy (non-hydrogen) atoms. The zero-order valence-corrected chi connectivity index (χ0v) is 47.0. The van der Waals surface area contributed by atoms with E-state index in [2.05, 4.69) is 50.3 Å². The summed E-state index contributed by atoms with van der Waals surface area (Å²) in [6.07, 6.45) is 5.80. The SMILES string of the molecule is COc1cccc(OC)c1-n1c(CS(=O)(=O)[C@@H](C)Cc2ncc(F)cn2)nnc1-c1cccc(C(=O)N2CCC2)n1.COc1cccc(OC)c1-n1c(CS(=O)(=O)[C@H](C)Cc2ncc(F)cn2)nnc1-c1cccc(C(=O)N2CCC2)n1. The number of sulfone groups is 2. The molecule has 2 atom stereocenters. The highest BCUT2D eigenvalue weighted by Gasteiger charge is 2.33. The van der Waals surface area contributed by atoms with Crippen LogP contribution in [0.4, 0.5) is 8.78 Å². The van der Waals surface area contributed by atoms with Crippen molar-refractivity contribution in [1.29, 1.82) is 0 Å². The second-order valence-electron chi connectivity index (χ2n) is 19.0. The zero-order valence-electron chi connectivity index (χ0n) is 45.4. The van der Waals surface area contributed by atoms with Crippen LogP contribution in [0.15, 0.2) is 97.6 Å². The van der Waals surface area contributed by atoms with E-state index in [1.165, 1.54) is 51.4 Å². The van der Waals surface area contributed by atoms with Gasteiger partial charge in [-0.15, -0.1) is 20.4 Å². The highest BCUT2D eigenvalue weighted by Crippen LogP contribution is 2.38. The number of rotatable bonds is 20. The van der Waals surface area contributed by atoms with Crippen molar-refractivity contribution in [2.45, 2.75) is 61.5 Å². The second-order valence-corrected chi connectivity index (χ2v) is 23.8. The minimum Gasteiger partial charge on any atom is -0.494 e. The maximum absolute atomic E-state index is 13.5. The largest absolute Gasteiger partial charge is 0.494 e. The normalized spacial score (nSPS) is 13.9. The maximum Gasteiger partial charge on any atom is 0.272 e. The standard InChI is InChI=1S/2C27H28FN7O5S/c2*1-17(13-23-29-14-18(28)15-30-23)41(37,38)16-24-32-33-26(35(24)25-21(39-2)9-5-10-22(25)40-3)19-7-4-8-20(31-19)27(36)34-11-6-12-34/h2*4-5,7-10,14-15,17H,6,11-13,16H2,1-3H3/t2*17-/m10/s1. The predicted molar refractivity (Wildman–Crippen MR) is 292 cm³/mol. The number of ether oxygens (including phenoxy) is 4. The summed E-state index contributed by atoms with van der Waals surface area (Å²) in [5.41, 5.74) is 1.86. The van der Waals surface area contributed by atoms with Gasteiger partial charge in [0.15, 0.2) is 54.6 Å². The number of carbonyl (C=O) groups excluding carboxylic acids is 2. The Morgan fingerprint density at radius 3 is 1.15 bits per heavy atom. The number of pyridine rings is 2. The number of benzene rings is 2. The molecule has 0 unspecified atom stereocenters. The first kappa shape index (κ1) is 57.8. The van der Waals surface area contributed by atoms with Crippen LogP contribution in [0.2, 0.25) is 0 Å². The lowest BCUT2D eigenvalue weighted by Gasteiger charge is -2.30. The lowest BCUT2D eigenvalue weighted by Crippen LogP contribution is -2.42. The van der Waals surface area contributed by atoms with E-state index in [0.717, 1.165) is 37.6 Å². The number of halogens is 2. The van der Waals surface area contributed by atoms with E-state index < -0.39 is 53.3 Å². The molecule has 2 aromatic carbocycles. The third-order valence-electron chi connectivity index (χ3n) is 13.6. The molecule has 2 aliphatic rings. The van der Waals surface area contributed by atoms with Crippen molar-refractivity contribution in [3.05, 3.63) is 144 Å². The number of para-hydroxylation sites is 2. The van der Waals surface area contributed by atoms with E-state index in [4.69, 9.17) is 18.9 Å². The molecular formula is C54H56F2N14O10S2. The third-order valence-corrected chi connectivity index (χ3v) is 17.7. The van der Waals surface area contributed by atoms with Gasteiger partial charge in [-0.2, -0.15) is 0 Å². The van der Waals surface area contributed by atoms with Crippen LogP contribution in [0, 0.1) is 11.6 Å². The Hall–Kier alpha value is -8.92. The van der Waals surface area contributed by atoms with E-state index in [0.29, 0.717) is 71.9 Å².